The first-order chi connectivity index (χ1) is 9.45. The van der Waals surface area contributed by atoms with Crippen LogP contribution in [0.4, 0.5) is 5.69 Å². The van der Waals surface area contributed by atoms with Crippen LogP contribution in [-0.2, 0) is 0 Å². The SMILES string of the molecule is Cc1ncn(-c2ccc([N+](=O)[O-])c(/C(N)=N/O)n2)c1C. The molecule has 9 heteroatoms. The molecule has 0 fully saturated rings. The minimum absolute atomic E-state index is 0.194. The Kier molecular flexibility index (Phi) is 3.34. The number of rotatable bonds is 3. The minimum Gasteiger partial charge on any atom is -0.409 e. The van der Waals surface area contributed by atoms with E-state index in [1.54, 1.807) is 10.9 Å². The Morgan fingerprint density at radius 1 is 1.50 bits per heavy atom. The van der Waals surface area contributed by atoms with Gasteiger partial charge in [0.15, 0.2) is 11.5 Å². The number of nitrogens with zero attached hydrogens (tertiary/aromatic N) is 5. The predicted octanol–water partition coefficient (Wildman–Crippen LogP) is 0.887. The van der Waals surface area contributed by atoms with Crippen LogP contribution >= 0.6 is 0 Å². The van der Waals surface area contributed by atoms with Crippen LogP contribution in [0.15, 0.2) is 23.6 Å². The van der Waals surface area contributed by atoms with Gasteiger partial charge in [0.1, 0.15) is 12.1 Å². The highest BCUT2D eigenvalue weighted by Crippen LogP contribution is 2.20. The summed E-state index contributed by atoms with van der Waals surface area (Å²) >= 11 is 0. The molecule has 9 nitrogen and oxygen atoms in total. The lowest BCUT2D eigenvalue weighted by atomic mass is 10.2. The molecule has 20 heavy (non-hydrogen) atoms. The van der Waals surface area contributed by atoms with Crippen molar-refractivity contribution in [1.82, 2.24) is 14.5 Å². The molecule has 2 aromatic heterocycles. The molecule has 0 aliphatic rings. The predicted molar refractivity (Wildman–Crippen MR) is 70.0 cm³/mol. The first-order valence-corrected chi connectivity index (χ1v) is 5.60. The minimum atomic E-state index is -0.643. The molecule has 3 N–H and O–H groups in total. The number of aryl methyl sites for hydroxylation is 1. The van der Waals surface area contributed by atoms with Crippen molar-refractivity contribution in [2.75, 3.05) is 0 Å². The van der Waals surface area contributed by atoms with Gasteiger partial charge in [0, 0.05) is 11.8 Å². The Morgan fingerprint density at radius 2 is 2.20 bits per heavy atom. The molecule has 0 atom stereocenters. The summed E-state index contributed by atoms with van der Waals surface area (Å²) in [6.07, 6.45) is 1.55. The number of imidazole rings is 1. The third-order valence-corrected chi connectivity index (χ3v) is 2.90. The molecular weight excluding hydrogens is 264 g/mol. The first kappa shape index (κ1) is 13.5. The molecule has 0 saturated heterocycles. The van der Waals surface area contributed by atoms with Crippen molar-refractivity contribution in [2.45, 2.75) is 13.8 Å². The molecule has 2 aromatic rings. The molecule has 0 bridgehead atoms. The van der Waals surface area contributed by atoms with Crippen LogP contribution < -0.4 is 5.73 Å². The van der Waals surface area contributed by atoms with Crippen molar-refractivity contribution in [2.24, 2.45) is 10.9 Å². The lowest BCUT2D eigenvalue weighted by Gasteiger charge is -2.07. The second-order valence-electron chi connectivity index (χ2n) is 4.06. The Bertz CT molecular complexity index is 706. The number of nitrogens with two attached hydrogens (primary N) is 1. The molecule has 0 radical (unpaired) electrons. The number of hydrogen-bond acceptors (Lipinski definition) is 6. The van der Waals surface area contributed by atoms with Crippen molar-refractivity contribution in [3.63, 3.8) is 0 Å². The Hall–Kier alpha value is -2.97. The number of aromatic nitrogens is 3. The average molecular weight is 276 g/mol. The monoisotopic (exact) mass is 276 g/mol. The van der Waals surface area contributed by atoms with E-state index in [0.717, 1.165) is 11.4 Å². The van der Waals surface area contributed by atoms with Crippen LogP contribution in [0, 0.1) is 24.0 Å². The quantitative estimate of drug-likeness (QED) is 0.281. The molecule has 2 rings (SSSR count). The first-order valence-electron chi connectivity index (χ1n) is 5.60. The van der Waals surface area contributed by atoms with Gasteiger partial charge in [0.2, 0.25) is 0 Å². The van der Waals surface area contributed by atoms with Crippen molar-refractivity contribution < 1.29 is 10.1 Å². The topological polar surface area (TPSA) is 132 Å². The van der Waals surface area contributed by atoms with Crippen LogP contribution in [0.5, 0.6) is 0 Å². The van der Waals surface area contributed by atoms with Crippen molar-refractivity contribution in [3.05, 3.63) is 45.7 Å². The van der Waals surface area contributed by atoms with E-state index in [9.17, 15) is 10.1 Å². The zero-order valence-corrected chi connectivity index (χ0v) is 10.8. The van der Waals surface area contributed by atoms with Crippen LogP contribution in [0.1, 0.15) is 17.1 Å². The summed E-state index contributed by atoms with van der Waals surface area (Å²) in [5, 5.41) is 22.4. The molecule has 0 aromatic carbocycles. The van der Waals surface area contributed by atoms with Gasteiger partial charge < -0.3 is 10.9 Å². The van der Waals surface area contributed by atoms with Crippen LogP contribution in [0.2, 0.25) is 0 Å². The second kappa shape index (κ2) is 4.96. The van der Waals surface area contributed by atoms with E-state index >= 15 is 0 Å². The van der Waals surface area contributed by atoms with Crippen LogP contribution in [0.3, 0.4) is 0 Å². The van der Waals surface area contributed by atoms with E-state index in [4.69, 9.17) is 10.9 Å². The number of pyridine rings is 1. The van der Waals surface area contributed by atoms with Crippen molar-refractivity contribution in [1.29, 1.82) is 0 Å². The summed E-state index contributed by atoms with van der Waals surface area (Å²) in [5.41, 5.74) is 6.56. The van der Waals surface area contributed by atoms with E-state index in [-0.39, 0.29) is 11.4 Å². The third kappa shape index (κ3) is 2.16. The van der Waals surface area contributed by atoms with Crippen molar-refractivity contribution in [3.8, 4) is 5.82 Å². The van der Waals surface area contributed by atoms with E-state index < -0.39 is 10.8 Å². The third-order valence-electron chi connectivity index (χ3n) is 2.90. The normalized spacial score (nSPS) is 11.6. The fraction of sp³-hybridized carbons (Fsp3) is 0.182. The number of amidine groups is 1. The smallest absolute Gasteiger partial charge is 0.298 e. The molecule has 2 heterocycles. The summed E-state index contributed by atoms with van der Waals surface area (Å²) < 4.78 is 1.66. The highest BCUT2D eigenvalue weighted by Gasteiger charge is 2.20. The zero-order chi connectivity index (χ0) is 14.9. The fourth-order valence-electron chi connectivity index (χ4n) is 1.69. The molecule has 104 valence electrons. The Labute approximate surface area is 113 Å². The summed E-state index contributed by atoms with van der Waals surface area (Å²) in [6, 6.07) is 2.73. The summed E-state index contributed by atoms with van der Waals surface area (Å²) in [6.45, 7) is 3.68. The van der Waals surface area contributed by atoms with Gasteiger partial charge in [-0.05, 0) is 19.9 Å². The maximum atomic E-state index is 10.9. The molecule has 0 amide bonds. The molecule has 0 spiro atoms. The van der Waals surface area contributed by atoms with Gasteiger partial charge in [-0.1, -0.05) is 5.16 Å². The van der Waals surface area contributed by atoms with Gasteiger partial charge in [0.25, 0.3) is 5.69 Å². The highest BCUT2D eigenvalue weighted by atomic mass is 16.6. The van der Waals surface area contributed by atoms with Gasteiger partial charge >= 0.3 is 0 Å². The summed E-state index contributed by atoms with van der Waals surface area (Å²) in [7, 11) is 0. The average Bonchev–Trinajstić information content (AvgIpc) is 2.77. The van der Waals surface area contributed by atoms with E-state index in [1.165, 1.54) is 12.1 Å². The number of nitro groups is 1. The number of hydrogen-bond donors (Lipinski definition) is 2. The standard InChI is InChI=1S/C11H12N6O3/c1-6-7(2)16(5-13-6)9-4-3-8(17(19)20)10(14-9)11(12)15-18/h3-5,18H,1-2H3,(H2,12,15). The molecule has 0 saturated carbocycles. The van der Waals surface area contributed by atoms with Crippen LogP contribution in [-0.4, -0.2) is 30.5 Å². The fourth-order valence-corrected chi connectivity index (χ4v) is 1.69. The molecule has 0 unspecified atom stereocenters. The van der Waals surface area contributed by atoms with Gasteiger partial charge in [0.05, 0.1) is 10.6 Å². The van der Waals surface area contributed by atoms with Gasteiger partial charge in [-0.3, -0.25) is 14.7 Å². The summed E-state index contributed by atoms with van der Waals surface area (Å²) in [4.78, 5) is 18.5. The van der Waals surface area contributed by atoms with Gasteiger partial charge in [-0.25, -0.2) is 9.97 Å². The second-order valence-corrected chi connectivity index (χ2v) is 4.06. The van der Waals surface area contributed by atoms with E-state index in [0.29, 0.717) is 5.82 Å². The lowest BCUT2D eigenvalue weighted by Crippen LogP contribution is -2.18. The Balaban J connectivity index is 2.64. The van der Waals surface area contributed by atoms with Crippen molar-refractivity contribution >= 4 is 11.5 Å². The number of oxime groups is 1. The van der Waals surface area contributed by atoms with Crippen LogP contribution in [0.25, 0.3) is 5.82 Å². The largest absolute Gasteiger partial charge is 0.409 e. The van der Waals surface area contributed by atoms with Gasteiger partial charge in [-0.15, -0.1) is 0 Å². The molecular formula is C11H12N6O3. The maximum Gasteiger partial charge on any atom is 0.298 e. The molecule has 0 aliphatic heterocycles. The lowest BCUT2D eigenvalue weighted by molar-refractivity contribution is -0.385. The molecule has 0 aliphatic carbocycles. The van der Waals surface area contributed by atoms with E-state index in [2.05, 4.69) is 15.1 Å². The maximum absolute atomic E-state index is 10.9. The Morgan fingerprint density at radius 3 is 2.70 bits per heavy atom. The summed E-state index contributed by atoms with van der Waals surface area (Å²) in [5.74, 6) is -0.0247. The van der Waals surface area contributed by atoms with E-state index in [1.807, 2.05) is 13.8 Å². The highest BCUT2D eigenvalue weighted by molar-refractivity contribution is 5.98. The van der Waals surface area contributed by atoms with Gasteiger partial charge in [-0.2, -0.15) is 0 Å². The zero-order valence-electron chi connectivity index (χ0n) is 10.8.